The second-order valence-electron chi connectivity index (χ2n) is 6.11. The fraction of sp³-hybridized carbons (Fsp3) is 0.368. The van der Waals surface area contributed by atoms with E-state index >= 15 is 0 Å². The molecule has 0 saturated heterocycles. The molecule has 1 heterocycles. The van der Waals surface area contributed by atoms with E-state index in [1.807, 2.05) is 36.4 Å². The van der Waals surface area contributed by atoms with Crippen molar-refractivity contribution in [3.63, 3.8) is 0 Å². The highest BCUT2D eigenvalue weighted by atomic mass is 16.3. The van der Waals surface area contributed by atoms with Crippen molar-refractivity contribution in [1.82, 2.24) is 15.6 Å². The summed E-state index contributed by atoms with van der Waals surface area (Å²) in [6.07, 6.45) is 4.29. The molecule has 126 valence electrons. The number of hydrogen-bond donors (Lipinski definition) is 3. The number of fused-ring (bicyclic) bond motifs is 1. The molecule has 0 amide bonds. The quantitative estimate of drug-likeness (QED) is 0.577. The van der Waals surface area contributed by atoms with Gasteiger partial charge in [0.05, 0.1) is 6.54 Å². The molecule has 1 aliphatic rings. The number of nitrogens with zero attached hydrogens (tertiary/aromatic N) is 2. The highest BCUT2D eigenvalue weighted by Crippen LogP contribution is 2.35. The molecule has 2 aromatic rings. The van der Waals surface area contributed by atoms with E-state index in [9.17, 15) is 5.11 Å². The molecule has 24 heavy (non-hydrogen) atoms. The molecular formula is C19H24N4O. The summed E-state index contributed by atoms with van der Waals surface area (Å²) in [6.45, 7) is 1.19. The summed E-state index contributed by atoms with van der Waals surface area (Å²) in [5.74, 6) is 0.698. The van der Waals surface area contributed by atoms with E-state index in [2.05, 4.69) is 26.7 Å². The maximum absolute atomic E-state index is 10.9. The smallest absolute Gasteiger partial charge is 0.191 e. The Morgan fingerprint density at radius 1 is 1.21 bits per heavy atom. The van der Waals surface area contributed by atoms with Gasteiger partial charge in [-0.25, -0.2) is 0 Å². The monoisotopic (exact) mass is 324 g/mol. The third-order valence-corrected chi connectivity index (χ3v) is 4.50. The van der Waals surface area contributed by atoms with Crippen molar-refractivity contribution in [2.24, 2.45) is 4.99 Å². The zero-order chi connectivity index (χ0) is 16.8. The van der Waals surface area contributed by atoms with Crippen LogP contribution in [0.1, 0.15) is 23.2 Å². The van der Waals surface area contributed by atoms with Crippen molar-refractivity contribution in [2.45, 2.75) is 24.9 Å². The summed E-state index contributed by atoms with van der Waals surface area (Å²) in [7, 11) is 1.74. The minimum atomic E-state index is -0.824. The second kappa shape index (κ2) is 7.45. The van der Waals surface area contributed by atoms with Crippen LogP contribution in [0.3, 0.4) is 0 Å². The highest BCUT2D eigenvalue weighted by molar-refractivity contribution is 5.79. The van der Waals surface area contributed by atoms with Crippen LogP contribution < -0.4 is 10.6 Å². The summed E-state index contributed by atoms with van der Waals surface area (Å²) in [4.78, 5) is 8.54. The van der Waals surface area contributed by atoms with E-state index in [1.54, 1.807) is 13.2 Å². The number of guanidine groups is 1. The molecule has 1 atom stereocenters. The van der Waals surface area contributed by atoms with Gasteiger partial charge in [-0.2, -0.15) is 0 Å². The van der Waals surface area contributed by atoms with Crippen LogP contribution in [0.5, 0.6) is 0 Å². The van der Waals surface area contributed by atoms with Gasteiger partial charge in [-0.05, 0) is 36.1 Å². The molecule has 1 aliphatic carbocycles. The first-order valence-corrected chi connectivity index (χ1v) is 8.36. The minimum absolute atomic E-state index is 0.452. The summed E-state index contributed by atoms with van der Waals surface area (Å²) in [6, 6.07) is 14.0. The van der Waals surface area contributed by atoms with Crippen molar-refractivity contribution in [3.8, 4) is 0 Å². The van der Waals surface area contributed by atoms with E-state index in [1.165, 1.54) is 5.56 Å². The number of pyridine rings is 1. The van der Waals surface area contributed by atoms with Gasteiger partial charge >= 0.3 is 0 Å². The maximum atomic E-state index is 10.9. The Hall–Kier alpha value is -2.40. The number of aliphatic imine (C=N–C) groups is 1. The average Bonchev–Trinajstić information content (AvgIpc) is 2.97. The van der Waals surface area contributed by atoms with E-state index in [4.69, 9.17) is 0 Å². The van der Waals surface area contributed by atoms with E-state index in [0.717, 1.165) is 37.1 Å². The fourth-order valence-corrected chi connectivity index (χ4v) is 3.16. The Labute approximate surface area is 142 Å². The molecule has 1 unspecified atom stereocenters. The van der Waals surface area contributed by atoms with Gasteiger partial charge in [0.2, 0.25) is 0 Å². The van der Waals surface area contributed by atoms with Crippen LogP contribution in [0.4, 0.5) is 0 Å². The molecule has 0 radical (unpaired) electrons. The molecule has 3 N–H and O–H groups in total. The van der Waals surface area contributed by atoms with Crippen LogP contribution in [0.2, 0.25) is 0 Å². The highest BCUT2D eigenvalue weighted by Gasteiger charge is 2.36. The Bertz CT molecular complexity index is 702. The summed E-state index contributed by atoms with van der Waals surface area (Å²) in [5.41, 5.74) is 2.49. The first kappa shape index (κ1) is 16.5. The first-order valence-electron chi connectivity index (χ1n) is 8.36. The van der Waals surface area contributed by atoms with Gasteiger partial charge in [-0.15, -0.1) is 0 Å². The number of benzene rings is 1. The van der Waals surface area contributed by atoms with Gasteiger partial charge in [-0.3, -0.25) is 9.98 Å². The van der Waals surface area contributed by atoms with Crippen LogP contribution in [-0.2, 0) is 18.4 Å². The Morgan fingerprint density at radius 2 is 2.04 bits per heavy atom. The Balaban J connectivity index is 1.52. The topological polar surface area (TPSA) is 69.5 Å². The van der Waals surface area contributed by atoms with E-state index in [0.29, 0.717) is 12.5 Å². The Morgan fingerprint density at radius 3 is 2.83 bits per heavy atom. The van der Waals surface area contributed by atoms with Crippen molar-refractivity contribution in [3.05, 3.63) is 65.5 Å². The minimum Gasteiger partial charge on any atom is -0.383 e. The lowest BCUT2D eigenvalue weighted by molar-refractivity contribution is 0.0432. The maximum Gasteiger partial charge on any atom is 0.191 e. The zero-order valence-corrected chi connectivity index (χ0v) is 14.0. The predicted octanol–water partition coefficient (Wildman–Crippen LogP) is 1.62. The Kier molecular flexibility index (Phi) is 5.11. The number of aliphatic hydroxyl groups is 1. The third-order valence-electron chi connectivity index (χ3n) is 4.50. The fourth-order valence-electron chi connectivity index (χ4n) is 3.16. The van der Waals surface area contributed by atoms with E-state index in [-0.39, 0.29) is 0 Å². The van der Waals surface area contributed by atoms with Gasteiger partial charge in [0.1, 0.15) is 5.60 Å². The first-order chi connectivity index (χ1) is 11.7. The summed E-state index contributed by atoms with van der Waals surface area (Å²) in [5, 5.41) is 17.5. The van der Waals surface area contributed by atoms with Crippen LogP contribution in [0.25, 0.3) is 0 Å². The molecular weight excluding hydrogens is 300 g/mol. The lowest BCUT2D eigenvalue weighted by Crippen LogP contribution is -2.45. The van der Waals surface area contributed by atoms with Gasteiger partial charge in [-0.1, -0.05) is 30.3 Å². The standard InChI is InChI=1S/C19H24N4O/c1-20-18(22-13-10-16-7-4-5-12-21-16)23-14-19(24)11-9-15-6-2-3-8-17(15)19/h2-8,12,24H,9-11,13-14H2,1H3,(H2,20,22,23). The van der Waals surface area contributed by atoms with Crippen LogP contribution in [0, 0.1) is 0 Å². The molecule has 5 heteroatoms. The number of nitrogens with one attached hydrogen (secondary N) is 2. The zero-order valence-electron chi connectivity index (χ0n) is 14.0. The van der Waals surface area contributed by atoms with Gasteiger partial charge in [0.25, 0.3) is 0 Å². The molecule has 1 aromatic heterocycles. The van der Waals surface area contributed by atoms with Gasteiger partial charge in [0.15, 0.2) is 5.96 Å². The summed E-state index contributed by atoms with van der Waals surface area (Å²) < 4.78 is 0. The van der Waals surface area contributed by atoms with Gasteiger partial charge in [0, 0.05) is 31.9 Å². The molecule has 3 rings (SSSR count). The summed E-state index contributed by atoms with van der Waals surface area (Å²) >= 11 is 0. The number of aromatic nitrogens is 1. The van der Waals surface area contributed by atoms with Crippen LogP contribution >= 0.6 is 0 Å². The normalized spacial score (nSPS) is 19.8. The second-order valence-corrected chi connectivity index (χ2v) is 6.11. The van der Waals surface area contributed by atoms with Crippen LogP contribution in [0.15, 0.2) is 53.7 Å². The van der Waals surface area contributed by atoms with E-state index < -0.39 is 5.60 Å². The van der Waals surface area contributed by atoms with Crippen molar-refractivity contribution in [1.29, 1.82) is 0 Å². The van der Waals surface area contributed by atoms with Crippen molar-refractivity contribution >= 4 is 5.96 Å². The molecule has 0 fully saturated rings. The van der Waals surface area contributed by atoms with Gasteiger partial charge < -0.3 is 15.7 Å². The predicted molar refractivity (Wildman–Crippen MR) is 96.0 cm³/mol. The molecule has 0 aliphatic heterocycles. The molecule has 0 bridgehead atoms. The van der Waals surface area contributed by atoms with Crippen molar-refractivity contribution < 1.29 is 5.11 Å². The lowest BCUT2D eigenvalue weighted by Gasteiger charge is -2.25. The third kappa shape index (κ3) is 3.74. The molecule has 0 saturated carbocycles. The SMILES string of the molecule is CN=C(NCCc1ccccn1)NCC1(O)CCc2ccccc21. The number of aryl methyl sites for hydroxylation is 1. The number of hydrogen-bond acceptors (Lipinski definition) is 3. The van der Waals surface area contributed by atoms with Crippen LogP contribution in [-0.4, -0.2) is 36.2 Å². The largest absolute Gasteiger partial charge is 0.383 e. The lowest BCUT2D eigenvalue weighted by atomic mass is 9.96. The molecule has 5 nitrogen and oxygen atoms in total. The van der Waals surface area contributed by atoms with Crippen molar-refractivity contribution in [2.75, 3.05) is 20.1 Å². The molecule has 0 spiro atoms. The number of rotatable bonds is 5. The molecule has 1 aromatic carbocycles. The average molecular weight is 324 g/mol.